The van der Waals surface area contributed by atoms with Gasteiger partial charge in [-0.3, -0.25) is 4.79 Å². The van der Waals surface area contributed by atoms with Crippen molar-refractivity contribution in [1.82, 2.24) is 4.72 Å². The van der Waals surface area contributed by atoms with E-state index >= 15 is 0 Å². The first kappa shape index (κ1) is 19.9. The highest BCUT2D eigenvalue weighted by Crippen LogP contribution is 2.22. The number of rotatable bonds is 8. The van der Waals surface area contributed by atoms with Gasteiger partial charge in [0, 0.05) is 12.1 Å². The molecule has 0 saturated heterocycles. The van der Waals surface area contributed by atoms with E-state index in [9.17, 15) is 13.2 Å². The maximum atomic E-state index is 12.4. The molecule has 0 spiro atoms. The van der Waals surface area contributed by atoms with Crippen LogP contribution in [0.4, 0.5) is 5.69 Å². The number of carbonyl (C=O) groups is 1. The molecule has 0 aliphatic carbocycles. The van der Waals surface area contributed by atoms with Gasteiger partial charge in [-0.25, -0.2) is 13.1 Å². The Morgan fingerprint density at radius 2 is 1.69 bits per heavy atom. The van der Waals surface area contributed by atoms with Crippen LogP contribution in [0.15, 0.2) is 48.5 Å². The lowest BCUT2D eigenvalue weighted by molar-refractivity contribution is -0.116. The van der Waals surface area contributed by atoms with Gasteiger partial charge in [-0.15, -0.1) is 0 Å². The lowest BCUT2D eigenvalue weighted by atomic mass is 10.0. The third kappa shape index (κ3) is 6.16. The van der Waals surface area contributed by atoms with Gasteiger partial charge in [0.1, 0.15) is 5.75 Å². The Morgan fingerprint density at radius 1 is 1.08 bits per heavy atom. The van der Waals surface area contributed by atoms with Crippen molar-refractivity contribution in [3.8, 4) is 5.75 Å². The maximum absolute atomic E-state index is 12.4. The van der Waals surface area contributed by atoms with Crippen LogP contribution in [0.3, 0.4) is 0 Å². The normalized spacial score (nSPS) is 12.4. The first-order valence-electron chi connectivity index (χ1n) is 8.30. The summed E-state index contributed by atoms with van der Waals surface area (Å²) in [5.74, 6) is 0.388. The fraction of sp³-hybridized carbons (Fsp3) is 0.316. The molecule has 1 atom stereocenters. The number of hydrogen-bond acceptors (Lipinski definition) is 4. The minimum atomic E-state index is -3.48. The fourth-order valence-electron chi connectivity index (χ4n) is 2.54. The van der Waals surface area contributed by atoms with Crippen LogP contribution in [-0.4, -0.2) is 27.7 Å². The number of aryl methyl sites for hydroxylation is 1. The summed E-state index contributed by atoms with van der Waals surface area (Å²) in [5, 5.41) is 2.80. The molecule has 26 heavy (non-hydrogen) atoms. The van der Waals surface area contributed by atoms with E-state index in [4.69, 9.17) is 4.74 Å². The Hall–Kier alpha value is -2.38. The molecular formula is C19H24N2O4S. The molecule has 2 aromatic carbocycles. The van der Waals surface area contributed by atoms with Crippen molar-refractivity contribution in [2.24, 2.45) is 0 Å². The van der Waals surface area contributed by atoms with Gasteiger partial charge in [0.05, 0.1) is 19.4 Å². The molecule has 0 aliphatic heterocycles. The Morgan fingerprint density at radius 3 is 2.19 bits per heavy atom. The molecule has 0 saturated carbocycles. The molecule has 0 fully saturated rings. The summed E-state index contributed by atoms with van der Waals surface area (Å²) in [7, 11) is -1.92. The molecule has 0 aromatic heterocycles. The molecule has 6 nitrogen and oxygen atoms in total. The van der Waals surface area contributed by atoms with Crippen molar-refractivity contribution in [3.63, 3.8) is 0 Å². The third-order valence-corrected chi connectivity index (χ3v) is 4.62. The summed E-state index contributed by atoms with van der Waals surface area (Å²) >= 11 is 0. The molecule has 2 N–H and O–H groups in total. The number of methoxy groups -OCH3 is 1. The molecule has 0 aliphatic rings. The van der Waals surface area contributed by atoms with Crippen LogP contribution < -0.4 is 14.8 Å². The highest BCUT2D eigenvalue weighted by Gasteiger charge is 2.20. The summed E-state index contributed by atoms with van der Waals surface area (Å²) < 4.78 is 31.0. The molecule has 0 radical (unpaired) electrons. The number of hydrogen-bond donors (Lipinski definition) is 2. The van der Waals surface area contributed by atoms with Crippen molar-refractivity contribution in [2.75, 3.05) is 18.7 Å². The molecule has 2 rings (SSSR count). The van der Waals surface area contributed by atoms with Crippen LogP contribution in [0.1, 0.15) is 30.5 Å². The standard InChI is InChI=1S/C19H24N2O4S/c1-4-14-5-9-16(10-6-14)20-19(22)13-18(21-26(3,23)24)15-7-11-17(25-2)12-8-15/h5-12,18,21H,4,13H2,1-3H3,(H,20,22). The van der Waals surface area contributed by atoms with Crippen molar-refractivity contribution in [2.45, 2.75) is 25.8 Å². The molecule has 140 valence electrons. The van der Waals surface area contributed by atoms with Crippen LogP contribution in [-0.2, 0) is 21.2 Å². The van der Waals surface area contributed by atoms with E-state index in [2.05, 4.69) is 17.0 Å². The van der Waals surface area contributed by atoms with E-state index in [0.29, 0.717) is 17.0 Å². The molecule has 2 aromatic rings. The lowest BCUT2D eigenvalue weighted by Crippen LogP contribution is -2.30. The largest absolute Gasteiger partial charge is 0.497 e. The summed E-state index contributed by atoms with van der Waals surface area (Å²) in [5.41, 5.74) is 2.55. The predicted octanol–water partition coefficient (Wildman–Crippen LogP) is 2.88. The second-order valence-electron chi connectivity index (χ2n) is 6.02. The quantitative estimate of drug-likeness (QED) is 0.742. The van der Waals surface area contributed by atoms with Gasteiger partial charge in [0.2, 0.25) is 15.9 Å². The Balaban J connectivity index is 2.12. The highest BCUT2D eigenvalue weighted by atomic mass is 32.2. The Bertz CT molecular complexity index is 831. The average Bonchev–Trinajstić information content (AvgIpc) is 2.60. The molecule has 1 unspecified atom stereocenters. The van der Waals surface area contributed by atoms with Crippen molar-refractivity contribution < 1.29 is 17.9 Å². The predicted molar refractivity (Wildman–Crippen MR) is 103 cm³/mol. The van der Waals surface area contributed by atoms with Crippen LogP contribution in [0.25, 0.3) is 0 Å². The van der Waals surface area contributed by atoms with Crippen LogP contribution >= 0.6 is 0 Å². The molecular weight excluding hydrogens is 352 g/mol. The number of benzene rings is 2. The highest BCUT2D eigenvalue weighted by molar-refractivity contribution is 7.88. The topological polar surface area (TPSA) is 84.5 Å². The number of anilines is 1. The summed E-state index contributed by atoms with van der Waals surface area (Å²) in [6.45, 7) is 2.06. The van der Waals surface area contributed by atoms with Crippen molar-refractivity contribution >= 4 is 21.6 Å². The van der Waals surface area contributed by atoms with Crippen LogP contribution in [0, 0.1) is 0 Å². The molecule has 1 amide bonds. The average molecular weight is 376 g/mol. The van der Waals surface area contributed by atoms with Crippen LogP contribution in [0.2, 0.25) is 0 Å². The number of ether oxygens (including phenoxy) is 1. The minimum absolute atomic E-state index is 0.0189. The van der Waals surface area contributed by atoms with Gasteiger partial charge < -0.3 is 10.1 Å². The fourth-order valence-corrected chi connectivity index (χ4v) is 3.28. The number of carbonyl (C=O) groups excluding carboxylic acids is 1. The second kappa shape index (κ2) is 8.82. The lowest BCUT2D eigenvalue weighted by Gasteiger charge is -2.18. The Labute approximate surface area is 154 Å². The van der Waals surface area contributed by atoms with E-state index in [1.807, 2.05) is 24.3 Å². The van der Waals surface area contributed by atoms with Gasteiger partial charge in [0.15, 0.2) is 0 Å². The SMILES string of the molecule is CCc1ccc(NC(=O)CC(NS(C)(=O)=O)c2ccc(OC)cc2)cc1. The second-order valence-corrected chi connectivity index (χ2v) is 7.80. The van der Waals surface area contributed by atoms with Crippen molar-refractivity contribution in [1.29, 1.82) is 0 Å². The summed E-state index contributed by atoms with van der Waals surface area (Å²) in [4.78, 5) is 12.4. The van der Waals surface area contributed by atoms with E-state index in [-0.39, 0.29) is 12.3 Å². The number of sulfonamides is 1. The molecule has 0 heterocycles. The third-order valence-electron chi connectivity index (χ3n) is 3.91. The van der Waals surface area contributed by atoms with Crippen molar-refractivity contribution in [3.05, 3.63) is 59.7 Å². The summed E-state index contributed by atoms with van der Waals surface area (Å²) in [6.07, 6.45) is 1.98. The van der Waals surface area contributed by atoms with Gasteiger partial charge in [-0.2, -0.15) is 0 Å². The first-order valence-corrected chi connectivity index (χ1v) is 10.2. The van der Waals surface area contributed by atoms with E-state index < -0.39 is 16.1 Å². The summed E-state index contributed by atoms with van der Waals surface area (Å²) in [6, 6.07) is 13.9. The van der Waals surface area contributed by atoms with Gasteiger partial charge in [0.25, 0.3) is 0 Å². The zero-order valence-corrected chi connectivity index (χ0v) is 16.0. The maximum Gasteiger partial charge on any atom is 0.226 e. The number of amides is 1. The molecule has 0 bridgehead atoms. The number of nitrogens with one attached hydrogen (secondary N) is 2. The zero-order chi connectivity index (χ0) is 19.2. The van der Waals surface area contributed by atoms with Crippen LogP contribution in [0.5, 0.6) is 5.75 Å². The minimum Gasteiger partial charge on any atom is -0.497 e. The Kier molecular flexibility index (Phi) is 6.76. The van der Waals surface area contributed by atoms with E-state index in [0.717, 1.165) is 12.7 Å². The van der Waals surface area contributed by atoms with E-state index in [1.165, 1.54) is 5.56 Å². The molecule has 7 heteroatoms. The first-order chi connectivity index (χ1) is 12.3. The van der Waals surface area contributed by atoms with E-state index in [1.54, 1.807) is 31.4 Å². The smallest absolute Gasteiger partial charge is 0.226 e. The zero-order valence-electron chi connectivity index (χ0n) is 15.2. The van der Waals surface area contributed by atoms with Gasteiger partial charge >= 0.3 is 0 Å². The monoisotopic (exact) mass is 376 g/mol. The van der Waals surface area contributed by atoms with Gasteiger partial charge in [-0.05, 0) is 41.8 Å². The van der Waals surface area contributed by atoms with Gasteiger partial charge in [-0.1, -0.05) is 31.2 Å².